The van der Waals surface area contributed by atoms with Crippen LogP contribution in [0.2, 0.25) is 0 Å². The molecule has 0 bridgehead atoms. The normalized spacial score (nSPS) is 12.9. The third-order valence-electron chi connectivity index (χ3n) is 5.00. The number of para-hydroxylation sites is 1. The third kappa shape index (κ3) is 4.65. The average Bonchev–Trinajstić information content (AvgIpc) is 3.32. The summed E-state index contributed by atoms with van der Waals surface area (Å²) in [4.78, 5) is -0.492. The highest BCUT2D eigenvalue weighted by Crippen LogP contribution is 2.37. The summed E-state index contributed by atoms with van der Waals surface area (Å²) in [6.07, 6.45) is -2.04. The molecule has 2 heterocycles. The number of nitriles is 1. The molecular weight excluding hydrogens is 441 g/mol. The number of allylic oxidation sites excluding steroid dienone is 1. The van der Waals surface area contributed by atoms with Crippen molar-refractivity contribution < 1.29 is 26.0 Å². The fourth-order valence-corrected chi connectivity index (χ4v) is 4.58. The van der Waals surface area contributed by atoms with Gasteiger partial charge in [0.1, 0.15) is 22.5 Å². The van der Waals surface area contributed by atoms with Crippen molar-refractivity contribution in [1.29, 1.82) is 5.26 Å². The largest absolute Gasteiger partial charge is 0.468 e. The standard InChI is InChI=1S/C23H21F3N2O3S/c1-15(2)22-12-17(11-19(13-27)32(29,30)14-18-7-6-10-31-18)16(3)28(22)21-9-5-4-8-20(21)23(24,25)26/h4-12,15H,14H2,1-3H3/b19-11+. The van der Waals surface area contributed by atoms with Crippen LogP contribution in [-0.4, -0.2) is 13.0 Å². The molecule has 0 atom stereocenters. The molecule has 168 valence electrons. The maximum absolute atomic E-state index is 13.7. The molecule has 3 aromatic rings. The van der Waals surface area contributed by atoms with Gasteiger partial charge in [-0.1, -0.05) is 26.0 Å². The van der Waals surface area contributed by atoms with Crippen molar-refractivity contribution in [2.75, 3.05) is 0 Å². The van der Waals surface area contributed by atoms with E-state index in [9.17, 15) is 26.9 Å². The van der Waals surface area contributed by atoms with Gasteiger partial charge in [-0.3, -0.25) is 0 Å². The number of alkyl halides is 3. The van der Waals surface area contributed by atoms with E-state index >= 15 is 0 Å². The van der Waals surface area contributed by atoms with Crippen molar-refractivity contribution in [2.45, 2.75) is 38.6 Å². The summed E-state index contributed by atoms with van der Waals surface area (Å²) in [6.45, 7) is 5.25. The van der Waals surface area contributed by atoms with Crippen LogP contribution in [0.25, 0.3) is 11.8 Å². The average molecular weight is 462 g/mol. The first-order valence-corrected chi connectivity index (χ1v) is 11.4. The molecule has 0 saturated carbocycles. The first kappa shape index (κ1) is 23.4. The van der Waals surface area contributed by atoms with E-state index in [-0.39, 0.29) is 17.4 Å². The quantitative estimate of drug-likeness (QED) is 0.421. The van der Waals surface area contributed by atoms with E-state index in [4.69, 9.17) is 4.42 Å². The van der Waals surface area contributed by atoms with Gasteiger partial charge < -0.3 is 8.98 Å². The van der Waals surface area contributed by atoms with Crippen molar-refractivity contribution in [2.24, 2.45) is 0 Å². The van der Waals surface area contributed by atoms with Gasteiger partial charge in [-0.2, -0.15) is 18.4 Å². The van der Waals surface area contributed by atoms with Crippen LogP contribution < -0.4 is 0 Å². The number of furan rings is 1. The Morgan fingerprint density at radius 3 is 2.47 bits per heavy atom. The Morgan fingerprint density at radius 2 is 1.91 bits per heavy atom. The van der Waals surface area contributed by atoms with E-state index in [1.165, 1.54) is 47.2 Å². The summed E-state index contributed by atoms with van der Waals surface area (Å²) in [5.41, 5.74) is 0.447. The first-order chi connectivity index (χ1) is 15.0. The molecule has 0 spiro atoms. The predicted molar refractivity (Wildman–Crippen MR) is 115 cm³/mol. The molecule has 1 aromatic carbocycles. The smallest absolute Gasteiger partial charge is 0.418 e. The first-order valence-electron chi connectivity index (χ1n) is 9.71. The molecule has 0 fully saturated rings. The summed E-state index contributed by atoms with van der Waals surface area (Å²) < 4.78 is 72.9. The van der Waals surface area contributed by atoms with Gasteiger partial charge in [0.25, 0.3) is 0 Å². The summed E-state index contributed by atoms with van der Waals surface area (Å²) in [6, 6.07) is 11.5. The van der Waals surface area contributed by atoms with Crippen LogP contribution in [0.4, 0.5) is 13.2 Å². The highest BCUT2D eigenvalue weighted by atomic mass is 32.2. The Labute approximate surface area is 184 Å². The Hall–Kier alpha value is -3.25. The number of hydrogen-bond acceptors (Lipinski definition) is 4. The van der Waals surface area contributed by atoms with Gasteiger partial charge in [-0.15, -0.1) is 0 Å². The second-order valence-electron chi connectivity index (χ2n) is 7.57. The number of aromatic nitrogens is 1. The molecule has 3 rings (SSSR count). The molecule has 32 heavy (non-hydrogen) atoms. The van der Waals surface area contributed by atoms with Gasteiger partial charge in [0.2, 0.25) is 0 Å². The van der Waals surface area contributed by atoms with Crippen molar-refractivity contribution >= 4 is 15.9 Å². The molecule has 0 amide bonds. The predicted octanol–water partition coefficient (Wildman–Crippen LogP) is 6.00. The molecule has 0 aliphatic heterocycles. The Bertz CT molecular complexity index is 1290. The molecule has 0 N–H and O–H groups in total. The fraction of sp³-hybridized carbons (Fsp3) is 0.261. The lowest BCUT2D eigenvalue weighted by Gasteiger charge is -2.19. The Morgan fingerprint density at radius 1 is 1.22 bits per heavy atom. The summed E-state index contributed by atoms with van der Waals surface area (Å²) in [5, 5.41) is 9.51. The van der Waals surface area contributed by atoms with Crippen LogP contribution in [0.3, 0.4) is 0 Å². The van der Waals surface area contributed by atoms with Crippen LogP contribution >= 0.6 is 0 Å². The van der Waals surface area contributed by atoms with E-state index in [2.05, 4.69) is 0 Å². The van der Waals surface area contributed by atoms with Gasteiger partial charge in [-0.05, 0) is 54.8 Å². The second-order valence-corrected chi connectivity index (χ2v) is 9.53. The molecule has 9 heteroatoms. The SMILES string of the molecule is Cc1c(/C=C(\C#N)S(=O)(=O)Cc2ccco2)cc(C(C)C)n1-c1ccccc1C(F)(F)F. The second kappa shape index (κ2) is 8.71. The maximum Gasteiger partial charge on any atom is 0.418 e. The van der Waals surface area contributed by atoms with E-state index < -0.39 is 32.2 Å². The van der Waals surface area contributed by atoms with Crippen LogP contribution in [0.5, 0.6) is 0 Å². The monoisotopic (exact) mass is 462 g/mol. The van der Waals surface area contributed by atoms with Crippen molar-refractivity contribution in [3.8, 4) is 11.8 Å². The maximum atomic E-state index is 13.7. The van der Waals surface area contributed by atoms with Crippen LogP contribution in [0.15, 0.2) is 58.1 Å². The molecule has 0 radical (unpaired) electrons. The van der Waals surface area contributed by atoms with Gasteiger partial charge >= 0.3 is 6.18 Å². The van der Waals surface area contributed by atoms with Gasteiger partial charge in [-0.25, -0.2) is 8.42 Å². The third-order valence-corrected chi connectivity index (χ3v) is 6.54. The minimum absolute atomic E-state index is 0.0576. The molecule has 2 aromatic heterocycles. The summed E-state index contributed by atoms with van der Waals surface area (Å²) in [5.74, 6) is -0.475. The van der Waals surface area contributed by atoms with Crippen LogP contribution in [0, 0.1) is 18.3 Å². The fourth-order valence-electron chi connectivity index (χ4n) is 3.44. The van der Waals surface area contributed by atoms with Crippen LogP contribution in [0.1, 0.15) is 48.0 Å². The van der Waals surface area contributed by atoms with E-state index in [0.717, 1.165) is 6.07 Å². The van der Waals surface area contributed by atoms with E-state index in [1.807, 2.05) is 13.8 Å². The highest BCUT2D eigenvalue weighted by Gasteiger charge is 2.34. The molecule has 5 nitrogen and oxygen atoms in total. The Kier molecular flexibility index (Phi) is 6.37. The summed E-state index contributed by atoms with van der Waals surface area (Å²) in [7, 11) is -4.01. The van der Waals surface area contributed by atoms with Crippen molar-refractivity contribution in [3.05, 3.63) is 81.9 Å². The van der Waals surface area contributed by atoms with E-state index in [1.54, 1.807) is 19.1 Å². The van der Waals surface area contributed by atoms with Gasteiger partial charge in [0.15, 0.2) is 9.84 Å². The molecule has 0 aliphatic rings. The molecule has 0 aliphatic carbocycles. The number of rotatable bonds is 6. The lowest BCUT2D eigenvalue weighted by molar-refractivity contribution is -0.137. The minimum atomic E-state index is -4.57. The molecule has 0 saturated heterocycles. The number of halogens is 3. The molecular formula is C23H21F3N2O3S. The lowest BCUT2D eigenvalue weighted by atomic mass is 10.1. The van der Waals surface area contributed by atoms with Gasteiger partial charge in [0.05, 0.1) is 17.5 Å². The zero-order valence-corrected chi connectivity index (χ0v) is 18.5. The topological polar surface area (TPSA) is 76.0 Å². The van der Waals surface area contributed by atoms with Crippen LogP contribution in [-0.2, 0) is 21.8 Å². The number of hydrogen-bond donors (Lipinski definition) is 0. The number of sulfone groups is 1. The zero-order chi connectivity index (χ0) is 23.7. The summed E-state index contributed by atoms with van der Waals surface area (Å²) >= 11 is 0. The number of benzene rings is 1. The Balaban J connectivity index is 2.18. The molecule has 0 unspecified atom stereocenters. The zero-order valence-electron chi connectivity index (χ0n) is 17.6. The number of nitrogens with zero attached hydrogens (tertiary/aromatic N) is 2. The van der Waals surface area contributed by atoms with E-state index in [0.29, 0.717) is 17.0 Å². The van der Waals surface area contributed by atoms with Gasteiger partial charge in [0, 0.05) is 11.4 Å². The highest BCUT2D eigenvalue weighted by molar-refractivity contribution is 7.94. The lowest BCUT2D eigenvalue weighted by Crippen LogP contribution is -2.13. The van der Waals surface area contributed by atoms with Crippen molar-refractivity contribution in [1.82, 2.24) is 4.57 Å². The van der Waals surface area contributed by atoms with Crippen molar-refractivity contribution in [3.63, 3.8) is 0 Å². The minimum Gasteiger partial charge on any atom is -0.468 e.